The molecular weight excluding hydrogens is 336 g/mol. The lowest BCUT2D eigenvalue weighted by Crippen LogP contribution is -2.32. The standard InChI is InChI=1S/C19H22N2O3S/c1-14-5-4-8-17(13-14)21-25(23,24)18-11-9-15(10-12-18)19(22)20-16-6-2-3-7-16/h4-5,8-13,16,21H,2-3,6-7H2,1H3,(H,20,22). The minimum Gasteiger partial charge on any atom is -0.349 e. The number of amides is 1. The Morgan fingerprint density at radius 3 is 2.36 bits per heavy atom. The number of rotatable bonds is 5. The van der Waals surface area contributed by atoms with Gasteiger partial charge in [0.15, 0.2) is 0 Å². The normalized spacial score (nSPS) is 15.1. The first-order valence-electron chi connectivity index (χ1n) is 8.44. The van der Waals surface area contributed by atoms with E-state index in [1.54, 1.807) is 30.3 Å². The maximum Gasteiger partial charge on any atom is 0.261 e. The van der Waals surface area contributed by atoms with Crippen LogP contribution in [0.25, 0.3) is 0 Å². The van der Waals surface area contributed by atoms with Crippen molar-refractivity contribution < 1.29 is 13.2 Å². The summed E-state index contributed by atoms with van der Waals surface area (Å²) in [6, 6.07) is 13.4. The molecular formula is C19H22N2O3S. The van der Waals surface area contributed by atoms with Gasteiger partial charge in [0.2, 0.25) is 0 Å². The molecule has 2 aromatic rings. The smallest absolute Gasteiger partial charge is 0.261 e. The van der Waals surface area contributed by atoms with Crippen molar-refractivity contribution in [2.75, 3.05) is 4.72 Å². The average Bonchev–Trinajstić information content (AvgIpc) is 3.07. The fourth-order valence-corrected chi connectivity index (χ4v) is 4.10. The maximum absolute atomic E-state index is 12.5. The van der Waals surface area contributed by atoms with E-state index in [0.29, 0.717) is 11.3 Å². The molecule has 0 bridgehead atoms. The van der Waals surface area contributed by atoms with E-state index < -0.39 is 10.0 Å². The van der Waals surface area contributed by atoms with Crippen molar-refractivity contribution >= 4 is 21.6 Å². The highest BCUT2D eigenvalue weighted by atomic mass is 32.2. The summed E-state index contributed by atoms with van der Waals surface area (Å²) >= 11 is 0. The monoisotopic (exact) mass is 358 g/mol. The number of hydrogen-bond donors (Lipinski definition) is 2. The van der Waals surface area contributed by atoms with E-state index in [9.17, 15) is 13.2 Å². The van der Waals surface area contributed by atoms with Crippen LogP contribution in [0.3, 0.4) is 0 Å². The number of hydrogen-bond acceptors (Lipinski definition) is 3. The molecule has 1 saturated carbocycles. The predicted octanol–water partition coefficient (Wildman–Crippen LogP) is 3.47. The number of carbonyl (C=O) groups excluding carboxylic acids is 1. The molecule has 0 heterocycles. The molecule has 132 valence electrons. The molecule has 3 rings (SSSR count). The predicted molar refractivity (Wildman–Crippen MR) is 98.2 cm³/mol. The molecule has 1 aliphatic carbocycles. The van der Waals surface area contributed by atoms with E-state index in [2.05, 4.69) is 10.0 Å². The van der Waals surface area contributed by atoms with Gasteiger partial charge in [0, 0.05) is 17.3 Å². The van der Waals surface area contributed by atoms with Gasteiger partial charge >= 0.3 is 0 Å². The Morgan fingerprint density at radius 1 is 1.04 bits per heavy atom. The van der Waals surface area contributed by atoms with Crippen LogP contribution in [-0.2, 0) is 10.0 Å². The van der Waals surface area contributed by atoms with Gasteiger partial charge < -0.3 is 5.32 Å². The quantitative estimate of drug-likeness (QED) is 0.859. The Labute approximate surface area is 148 Å². The molecule has 5 nitrogen and oxygen atoms in total. The number of carbonyl (C=O) groups is 1. The molecule has 2 N–H and O–H groups in total. The fraction of sp³-hybridized carbons (Fsp3) is 0.316. The molecule has 0 aromatic heterocycles. The number of benzene rings is 2. The van der Waals surface area contributed by atoms with Crippen molar-refractivity contribution in [1.82, 2.24) is 5.32 Å². The molecule has 1 amide bonds. The Kier molecular flexibility index (Phi) is 5.08. The van der Waals surface area contributed by atoms with Crippen LogP contribution in [0.4, 0.5) is 5.69 Å². The molecule has 0 saturated heterocycles. The highest BCUT2D eigenvalue weighted by Gasteiger charge is 2.19. The van der Waals surface area contributed by atoms with E-state index in [1.807, 2.05) is 13.0 Å². The second kappa shape index (κ2) is 7.27. The van der Waals surface area contributed by atoms with Crippen LogP contribution in [0.15, 0.2) is 53.4 Å². The molecule has 0 aliphatic heterocycles. The molecule has 1 fully saturated rings. The van der Waals surface area contributed by atoms with Gasteiger partial charge in [-0.25, -0.2) is 8.42 Å². The highest BCUT2D eigenvalue weighted by Crippen LogP contribution is 2.20. The van der Waals surface area contributed by atoms with Crippen LogP contribution in [0.2, 0.25) is 0 Å². The third-order valence-electron chi connectivity index (χ3n) is 4.39. The summed E-state index contributed by atoms with van der Waals surface area (Å²) in [5.41, 5.74) is 1.96. The molecule has 6 heteroatoms. The number of sulfonamides is 1. The number of anilines is 1. The van der Waals surface area contributed by atoms with E-state index in [1.165, 1.54) is 12.1 Å². The summed E-state index contributed by atoms with van der Waals surface area (Å²) in [5.74, 6) is -0.150. The van der Waals surface area contributed by atoms with Crippen molar-refractivity contribution in [3.05, 3.63) is 59.7 Å². The van der Waals surface area contributed by atoms with Crippen molar-refractivity contribution in [3.63, 3.8) is 0 Å². The lowest BCUT2D eigenvalue weighted by Gasteiger charge is -2.12. The van der Waals surface area contributed by atoms with E-state index in [-0.39, 0.29) is 16.8 Å². The molecule has 1 aliphatic rings. The first-order valence-corrected chi connectivity index (χ1v) is 9.93. The number of nitrogens with one attached hydrogen (secondary N) is 2. The first kappa shape index (κ1) is 17.5. The van der Waals surface area contributed by atoms with Crippen molar-refractivity contribution in [3.8, 4) is 0 Å². The zero-order chi connectivity index (χ0) is 17.9. The van der Waals surface area contributed by atoms with Crippen LogP contribution in [-0.4, -0.2) is 20.4 Å². The lowest BCUT2D eigenvalue weighted by atomic mass is 10.2. The van der Waals surface area contributed by atoms with Crippen molar-refractivity contribution in [2.45, 2.75) is 43.5 Å². The summed E-state index contributed by atoms with van der Waals surface area (Å²) in [5, 5.41) is 3.00. The average molecular weight is 358 g/mol. The highest BCUT2D eigenvalue weighted by molar-refractivity contribution is 7.92. The van der Waals surface area contributed by atoms with E-state index >= 15 is 0 Å². The Hall–Kier alpha value is -2.34. The van der Waals surface area contributed by atoms with Crippen LogP contribution in [0.5, 0.6) is 0 Å². The third-order valence-corrected chi connectivity index (χ3v) is 5.78. The summed E-state index contributed by atoms with van der Waals surface area (Å²) in [6.07, 6.45) is 4.32. The van der Waals surface area contributed by atoms with Crippen molar-refractivity contribution in [2.24, 2.45) is 0 Å². The minimum absolute atomic E-state index is 0.131. The molecule has 0 atom stereocenters. The van der Waals surface area contributed by atoms with Gasteiger partial charge in [-0.15, -0.1) is 0 Å². The zero-order valence-electron chi connectivity index (χ0n) is 14.2. The third kappa shape index (κ3) is 4.39. The molecule has 0 spiro atoms. The topological polar surface area (TPSA) is 75.3 Å². The van der Waals surface area contributed by atoms with Crippen molar-refractivity contribution in [1.29, 1.82) is 0 Å². The van der Waals surface area contributed by atoms with Gasteiger partial charge in [0.1, 0.15) is 0 Å². The van der Waals surface area contributed by atoms with E-state index in [0.717, 1.165) is 31.2 Å². The minimum atomic E-state index is -3.68. The SMILES string of the molecule is Cc1cccc(NS(=O)(=O)c2ccc(C(=O)NC3CCCC3)cc2)c1. The largest absolute Gasteiger partial charge is 0.349 e. The van der Waals surface area contributed by atoms with Crippen LogP contribution in [0, 0.1) is 6.92 Å². The maximum atomic E-state index is 12.5. The van der Waals surface area contributed by atoms with E-state index in [4.69, 9.17) is 0 Å². The Balaban J connectivity index is 1.71. The van der Waals surface area contributed by atoms with Gasteiger partial charge in [-0.05, 0) is 61.7 Å². The van der Waals surface area contributed by atoms with Crippen LogP contribution < -0.4 is 10.0 Å². The Morgan fingerprint density at radius 2 is 1.72 bits per heavy atom. The second-order valence-corrected chi connectivity index (χ2v) is 8.14. The van der Waals surface area contributed by atoms with Gasteiger partial charge in [0.05, 0.1) is 4.90 Å². The summed E-state index contributed by atoms with van der Waals surface area (Å²) < 4.78 is 27.5. The zero-order valence-corrected chi connectivity index (χ0v) is 15.0. The second-order valence-electron chi connectivity index (χ2n) is 6.45. The van der Waals surface area contributed by atoms with Gasteiger partial charge in [0.25, 0.3) is 15.9 Å². The summed E-state index contributed by atoms with van der Waals surface area (Å²) in [7, 11) is -3.68. The lowest BCUT2D eigenvalue weighted by molar-refractivity contribution is 0.0938. The first-order chi connectivity index (χ1) is 11.9. The summed E-state index contributed by atoms with van der Waals surface area (Å²) in [4.78, 5) is 12.3. The Bertz CT molecular complexity index is 854. The molecule has 0 unspecified atom stereocenters. The molecule has 0 radical (unpaired) electrons. The van der Waals surface area contributed by atoms with Gasteiger partial charge in [-0.1, -0.05) is 25.0 Å². The number of aryl methyl sites for hydroxylation is 1. The van der Waals surface area contributed by atoms with Gasteiger partial charge in [-0.2, -0.15) is 0 Å². The van der Waals surface area contributed by atoms with Gasteiger partial charge in [-0.3, -0.25) is 9.52 Å². The van der Waals surface area contributed by atoms with Crippen LogP contribution >= 0.6 is 0 Å². The molecule has 25 heavy (non-hydrogen) atoms. The summed E-state index contributed by atoms with van der Waals surface area (Å²) in [6.45, 7) is 1.90. The molecule has 2 aromatic carbocycles. The van der Waals surface area contributed by atoms with Crippen LogP contribution in [0.1, 0.15) is 41.6 Å². The fourth-order valence-electron chi connectivity index (χ4n) is 3.05.